The molecule has 0 spiro atoms. The highest BCUT2D eigenvalue weighted by molar-refractivity contribution is 7.14. The van der Waals surface area contributed by atoms with Crippen LogP contribution in [0.25, 0.3) is 5.76 Å². The van der Waals surface area contributed by atoms with Crippen LogP contribution in [0.3, 0.4) is 0 Å². The highest BCUT2D eigenvalue weighted by Crippen LogP contribution is 2.42. The normalized spacial score (nSPS) is 18.1. The van der Waals surface area contributed by atoms with Crippen molar-refractivity contribution in [3.05, 3.63) is 81.9 Å². The molecule has 1 fully saturated rings. The molecule has 1 N–H and O–H groups in total. The van der Waals surface area contributed by atoms with E-state index in [1.54, 1.807) is 36.9 Å². The molecule has 1 atom stereocenters. The first kappa shape index (κ1) is 19.8. The SMILES string of the molecule is COc1ccc(C(O)=C2C(=O)C(=O)N(c3nccs3)C2c2ccc(C)cc2)cc1C. The van der Waals surface area contributed by atoms with Crippen LogP contribution in [-0.2, 0) is 9.59 Å². The Morgan fingerprint density at radius 3 is 2.47 bits per heavy atom. The standard InChI is InChI=1S/C23H20N2O4S/c1-13-4-6-15(7-5-13)19-18(20(26)16-8-9-17(29-3)14(2)12-16)21(27)22(28)25(19)23-24-10-11-30-23/h4-12,19,26H,1-3H3. The first-order chi connectivity index (χ1) is 14.4. The molecule has 152 valence electrons. The summed E-state index contributed by atoms with van der Waals surface area (Å²) in [5.41, 5.74) is 3.08. The Bertz CT molecular complexity index is 1150. The van der Waals surface area contributed by atoms with Crippen LogP contribution in [0.1, 0.15) is 28.3 Å². The number of aliphatic hydroxyl groups excluding tert-OH is 1. The molecule has 1 unspecified atom stereocenters. The average molecular weight is 420 g/mol. The van der Waals surface area contributed by atoms with Gasteiger partial charge in [0.1, 0.15) is 11.5 Å². The Morgan fingerprint density at radius 2 is 1.87 bits per heavy atom. The fourth-order valence-corrected chi connectivity index (χ4v) is 4.28. The lowest BCUT2D eigenvalue weighted by molar-refractivity contribution is -0.132. The summed E-state index contributed by atoms with van der Waals surface area (Å²) in [5.74, 6) is -0.988. The molecule has 7 heteroatoms. The van der Waals surface area contributed by atoms with Gasteiger partial charge in [-0.05, 0) is 43.2 Å². The van der Waals surface area contributed by atoms with Crippen LogP contribution in [0.4, 0.5) is 5.13 Å². The highest BCUT2D eigenvalue weighted by Gasteiger charge is 2.47. The molecule has 6 nitrogen and oxygen atoms in total. The first-order valence-electron chi connectivity index (χ1n) is 9.34. The number of rotatable bonds is 4. The fraction of sp³-hybridized carbons (Fsp3) is 0.174. The van der Waals surface area contributed by atoms with Crippen molar-refractivity contribution >= 4 is 33.9 Å². The average Bonchev–Trinajstić information content (AvgIpc) is 3.35. The van der Waals surface area contributed by atoms with E-state index in [9.17, 15) is 14.7 Å². The second-order valence-electron chi connectivity index (χ2n) is 7.08. The number of thiazole rings is 1. The predicted octanol–water partition coefficient (Wildman–Crippen LogP) is 4.39. The van der Waals surface area contributed by atoms with Gasteiger partial charge in [-0.25, -0.2) is 4.98 Å². The number of carbonyl (C=O) groups excluding carboxylic acids is 2. The van der Waals surface area contributed by atoms with Crippen LogP contribution in [-0.4, -0.2) is 28.9 Å². The summed E-state index contributed by atoms with van der Waals surface area (Å²) in [4.78, 5) is 31.6. The minimum absolute atomic E-state index is 0.0450. The molecule has 1 saturated heterocycles. The van der Waals surface area contributed by atoms with Crippen LogP contribution in [0, 0.1) is 13.8 Å². The zero-order valence-corrected chi connectivity index (χ0v) is 17.6. The van der Waals surface area contributed by atoms with Crippen molar-refractivity contribution in [3.8, 4) is 5.75 Å². The summed E-state index contributed by atoms with van der Waals surface area (Å²) < 4.78 is 5.28. The number of aryl methyl sites for hydroxylation is 2. The second kappa shape index (κ2) is 7.76. The lowest BCUT2D eigenvalue weighted by Crippen LogP contribution is -2.29. The molecular formula is C23H20N2O4S. The number of anilines is 1. The molecule has 1 aromatic heterocycles. The van der Waals surface area contributed by atoms with Gasteiger partial charge in [-0.3, -0.25) is 14.5 Å². The van der Waals surface area contributed by atoms with Crippen molar-refractivity contribution in [2.45, 2.75) is 19.9 Å². The topological polar surface area (TPSA) is 79.7 Å². The molecule has 30 heavy (non-hydrogen) atoms. The van der Waals surface area contributed by atoms with E-state index in [0.717, 1.165) is 16.7 Å². The Morgan fingerprint density at radius 1 is 1.13 bits per heavy atom. The third-order valence-corrected chi connectivity index (χ3v) is 5.90. The van der Waals surface area contributed by atoms with Crippen molar-refractivity contribution < 1.29 is 19.4 Å². The van der Waals surface area contributed by atoms with Crippen molar-refractivity contribution in [1.82, 2.24) is 4.98 Å². The summed E-state index contributed by atoms with van der Waals surface area (Å²) in [5, 5.41) is 13.3. The van der Waals surface area contributed by atoms with Gasteiger partial charge in [0.15, 0.2) is 5.13 Å². The van der Waals surface area contributed by atoms with Gasteiger partial charge in [0.2, 0.25) is 0 Å². The smallest absolute Gasteiger partial charge is 0.301 e. The third kappa shape index (κ3) is 3.27. The molecule has 2 heterocycles. The number of hydrogen-bond acceptors (Lipinski definition) is 6. The minimum atomic E-state index is -0.765. The fourth-order valence-electron chi connectivity index (χ4n) is 3.61. The summed E-state index contributed by atoms with van der Waals surface area (Å²) in [7, 11) is 1.57. The summed E-state index contributed by atoms with van der Waals surface area (Å²) in [6.45, 7) is 3.81. The Kier molecular flexibility index (Phi) is 5.13. The minimum Gasteiger partial charge on any atom is -0.507 e. The molecule has 0 saturated carbocycles. The number of nitrogens with zero attached hydrogens (tertiary/aromatic N) is 2. The lowest BCUT2D eigenvalue weighted by Gasteiger charge is -2.23. The van der Waals surface area contributed by atoms with Crippen LogP contribution in [0.5, 0.6) is 5.75 Å². The number of amides is 1. The Balaban J connectivity index is 1.92. The third-order valence-electron chi connectivity index (χ3n) is 5.13. The van der Waals surface area contributed by atoms with Crippen molar-refractivity contribution in [2.24, 2.45) is 0 Å². The number of aromatic nitrogens is 1. The second-order valence-corrected chi connectivity index (χ2v) is 7.95. The number of Topliss-reactive ketones (excluding diaryl/α,β-unsaturated/α-hetero) is 1. The Labute approximate surface area is 178 Å². The highest BCUT2D eigenvalue weighted by atomic mass is 32.1. The van der Waals surface area contributed by atoms with Gasteiger partial charge in [-0.1, -0.05) is 29.8 Å². The van der Waals surface area contributed by atoms with Gasteiger partial charge in [-0.2, -0.15) is 0 Å². The maximum atomic E-state index is 13.0. The van der Waals surface area contributed by atoms with Gasteiger partial charge >= 0.3 is 5.91 Å². The van der Waals surface area contributed by atoms with E-state index >= 15 is 0 Å². The molecule has 4 rings (SSSR count). The van der Waals surface area contributed by atoms with E-state index in [4.69, 9.17) is 4.74 Å². The Hall–Kier alpha value is -3.45. The van der Waals surface area contributed by atoms with Gasteiger partial charge in [0.05, 0.1) is 18.7 Å². The number of ether oxygens (including phenoxy) is 1. The molecule has 0 radical (unpaired) electrons. The summed E-state index contributed by atoms with van der Waals surface area (Å²) in [6, 6.07) is 11.9. The zero-order chi connectivity index (χ0) is 21.4. The molecule has 0 bridgehead atoms. The van der Waals surface area contributed by atoms with Gasteiger partial charge in [-0.15, -0.1) is 11.3 Å². The van der Waals surface area contributed by atoms with E-state index in [0.29, 0.717) is 16.4 Å². The van der Waals surface area contributed by atoms with E-state index in [1.807, 2.05) is 38.1 Å². The number of aliphatic hydroxyl groups is 1. The van der Waals surface area contributed by atoms with Crippen LogP contribution < -0.4 is 9.64 Å². The quantitative estimate of drug-likeness (QED) is 0.385. The number of methoxy groups -OCH3 is 1. The maximum absolute atomic E-state index is 13.0. The maximum Gasteiger partial charge on any atom is 0.301 e. The zero-order valence-electron chi connectivity index (χ0n) is 16.7. The van der Waals surface area contributed by atoms with E-state index < -0.39 is 17.7 Å². The van der Waals surface area contributed by atoms with E-state index in [1.165, 1.54) is 16.2 Å². The van der Waals surface area contributed by atoms with Gasteiger partial charge in [0.25, 0.3) is 5.78 Å². The molecular weight excluding hydrogens is 400 g/mol. The lowest BCUT2D eigenvalue weighted by atomic mass is 9.94. The van der Waals surface area contributed by atoms with Crippen molar-refractivity contribution in [3.63, 3.8) is 0 Å². The molecule has 2 aromatic carbocycles. The van der Waals surface area contributed by atoms with Crippen molar-refractivity contribution in [1.29, 1.82) is 0 Å². The van der Waals surface area contributed by atoms with E-state index in [-0.39, 0.29) is 11.3 Å². The largest absolute Gasteiger partial charge is 0.507 e. The number of carbonyl (C=O) groups is 2. The number of hydrogen-bond donors (Lipinski definition) is 1. The molecule has 1 aliphatic rings. The summed E-state index contributed by atoms with van der Waals surface area (Å²) in [6.07, 6.45) is 1.58. The first-order valence-corrected chi connectivity index (χ1v) is 10.2. The monoisotopic (exact) mass is 420 g/mol. The van der Waals surface area contributed by atoms with Crippen molar-refractivity contribution in [2.75, 3.05) is 12.0 Å². The van der Waals surface area contributed by atoms with E-state index in [2.05, 4.69) is 4.98 Å². The molecule has 1 amide bonds. The summed E-state index contributed by atoms with van der Waals surface area (Å²) >= 11 is 1.27. The van der Waals surface area contributed by atoms with Crippen LogP contribution >= 0.6 is 11.3 Å². The van der Waals surface area contributed by atoms with Crippen LogP contribution in [0.2, 0.25) is 0 Å². The van der Waals surface area contributed by atoms with Crippen LogP contribution in [0.15, 0.2) is 59.6 Å². The predicted molar refractivity (Wildman–Crippen MR) is 116 cm³/mol. The molecule has 1 aliphatic heterocycles. The molecule has 3 aromatic rings. The number of ketones is 1. The number of benzene rings is 2. The van der Waals surface area contributed by atoms with Gasteiger partial charge < -0.3 is 9.84 Å². The molecule has 0 aliphatic carbocycles. The van der Waals surface area contributed by atoms with Gasteiger partial charge in [0, 0.05) is 17.1 Å².